The van der Waals surface area contributed by atoms with Gasteiger partial charge in [-0.1, -0.05) is 15.9 Å². The summed E-state index contributed by atoms with van der Waals surface area (Å²) >= 11 is 3.12. The second kappa shape index (κ2) is 4.23. The topological polar surface area (TPSA) is 35.5 Å². The molecule has 0 saturated heterocycles. The van der Waals surface area contributed by atoms with Crippen LogP contribution in [0.2, 0.25) is 0 Å². The Bertz CT molecular complexity index is 327. The number of hydrogen-bond donors (Lipinski definition) is 0. The minimum atomic E-state index is -0.696. The van der Waals surface area contributed by atoms with E-state index in [-0.39, 0.29) is 18.0 Å². The number of halogens is 2. The van der Waals surface area contributed by atoms with E-state index in [1.54, 1.807) is 0 Å². The highest BCUT2D eigenvalue weighted by Crippen LogP contribution is 2.30. The maximum Gasteiger partial charge on any atom is 0.298 e. The van der Waals surface area contributed by atoms with Crippen LogP contribution in [0.1, 0.15) is 0 Å². The Kier molecular flexibility index (Phi) is 3.25. The Hall–Kier alpha value is -1.10. The molecule has 1 rings (SSSR count). The van der Waals surface area contributed by atoms with E-state index in [9.17, 15) is 9.18 Å². The molecule has 0 N–H and O–H groups in total. The third-order valence-electron chi connectivity index (χ3n) is 1.37. The molecule has 0 aromatic heterocycles. The van der Waals surface area contributed by atoms with Crippen molar-refractivity contribution in [3.63, 3.8) is 0 Å². The fourth-order valence-electron chi connectivity index (χ4n) is 0.826. The lowest BCUT2D eigenvalue weighted by Gasteiger charge is -2.05. The van der Waals surface area contributed by atoms with Crippen LogP contribution in [0.15, 0.2) is 16.6 Å². The van der Waals surface area contributed by atoms with Crippen LogP contribution in [-0.4, -0.2) is 13.6 Å². The quantitative estimate of drug-likeness (QED) is 0.770. The highest BCUT2D eigenvalue weighted by Gasteiger charge is 2.11. The number of rotatable bonds is 3. The minimum Gasteiger partial charge on any atom is -0.493 e. The first-order chi connectivity index (χ1) is 6.19. The Balaban J connectivity index is 3.18. The van der Waals surface area contributed by atoms with Gasteiger partial charge in [0.05, 0.1) is 7.11 Å². The van der Waals surface area contributed by atoms with Crippen molar-refractivity contribution in [1.29, 1.82) is 0 Å². The van der Waals surface area contributed by atoms with Crippen molar-refractivity contribution in [1.82, 2.24) is 0 Å². The number of hydrogen-bond acceptors (Lipinski definition) is 3. The van der Waals surface area contributed by atoms with E-state index in [1.807, 2.05) is 0 Å². The van der Waals surface area contributed by atoms with Gasteiger partial charge in [0.2, 0.25) is 5.82 Å². The predicted octanol–water partition coefficient (Wildman–Crippen LogP) is 2.13. The molecular formula is C8H6BrFO3. The summed E-state index contributed by atoms with van der Waals surface area (Å²) in [6.45, 7) is 0.157. The average molecular weight is 249 g/mol. The van der Waals surface area contributed by atoms with Crippen molar-refractivity contribution in [2.45, 2.75) is 0 Å². The molecule has 13 heavy (non-hydrogen) atoms. The van der Waals surface area contributed by atoms with Crippen LogP contribution >= 0.6 is 15.9 Å². The smallest absolute Gasteiger partial charge is 0.298 e. The van der Waals surface area contributed by atoms with Gasteiger partial charge in [-0.15, -0.1) is 0 Å². The van der Waals surface area contributed by atoms with Crippen LogP contribution in [0.4, 0.5) is 4.39 Å². The van der Waals surface area contributed by atoms with Crippen LogP contribution in [0.5, 0.6) is 11.5 Å². The molecule has 0 spiro atoms. The molecule has 0 fully saturated rings. The lowest BCUT2D eigenvalue weighted by atomic mass is 10.3. The monoisotopic (exact) mass is 248 g/mol. The summed E-state index contributed by atoms with van der Waals surface area (Å²) in [5.41, 5.74) is 0. The zero-order valence-electron chi connectivity index (χ0n) is 6.71. The van der Waals surface area contributed by atoms with Gasteiger partial charge in [-0.25, -0.2) is 0 Å². The second-order valence-corrected chi connectivity index (χ2v) is 3.05. The van der Waals surface area contributed by atoms with E-state index in [4.69, 9.17) is 4.74 Å². The summed E-state index contributed by atoms with van der Waals surface area (Å²) in [6, 6.07) is 2.78. The molecule has 0 aliphatic carbocycles. The lowest BCUT2D eigenvalue weighted by Crippen LogP contribution is -1.95. The Morgan fingerprint density at radius 1 is 1.46 bits per heavy atom. The van der Waals surface area contributed by atoms with E-state index < -0.39 is 5.82 Å². The molecule has 3 nitrogen and oxygen atoms in total. The maximum absolute atomic E-state index is 13.2. The summed E-state index contributed by atoms with van der Waals surface area (Å²) < 4.78 is 22.9. The molecule has 0 amide bonds. The molecule has 5 heteroatoms. The predicted molar refractivity (Wildman–Crippen MR) is 47.3 cm³/mol. The van der Waals surface area contributed by atoms with Crippen LogP contribution in [-0.2, 0) is 4.79 Å². The third-order valence-corrected chi connectivity index (χ3v) is 1.82. The van der Waals surface area contributed by atoms with Gasteiger partial charge in [-0.05, 0) is 12.1 Å². The SMILES string of the molecule is COc1cc(Br)cc(OC=O)c1F. The lowest BCUT2D eigenvalue weighted by molar-refractivity contribution is -0.120. The van der Waals surface area contributed by atoms with E-state index >= 15 is 0 Å². The summed E-state index contributed by atoms with van der Waals surface area (Å²) in [5, 5.41) is 0. The summed E-state index contributed by atoms with van der Waals surface area (Å²) in [6.07, 6.45) is 0. The molecule has 70 valence electrons. The molecule has 0 radical (unpaired) electrons. The summed E-state index contributed by atoms with van der Waals surface area (Å²) in [7, 11) is 1.33. The molecule has 0 aliphatic heterocycles. The van der Waals surface area contributed by atoms with Crippen molar-refractivity contribution in [2.75, 3.05) is 7.11 Å². The first-order valence-electron chi connectivity index (χ1n) is 3.32. The van der Waals surface area contributed by atoms with Gasteiger partial charge in [-0.2, -0.15) is 4.39 Å². The van der Waals surface area contributed by atoms with Crippen molar-refractivity contribution in [3.05, 3.63) is 22.4 Å². The zero-order chi connectivity index (χ0) is 9.84. The highest BCUT2D eigenvalue weighted by molar-refractivity contribution is 9.10. The number of carbonyl (C=O) groups excluding carboxylic acids is 1. The van der Waals surface area contributed by atoms with Gasteiger partial charge in [-0.3, -0.25) is 4.79 Å². The normalized spacial score (nSPS) is 9.46. The Morgan fingerprint density at radius 2 is 2.08 bits per heavy atom. The first kappa shape index (κ1) is 9.98. The maximum atomic E-state index is 13.2. The molecule has 0 unspecified atom stereocenters. The van der Waals surface area contributed by atoms with Crippen molar-refractivity contribution in [2.24, 2.45) is 0 Å². The van der Waals surface area contributed by atoms with E-state index in [2.05, 4.69) is 20.7 Å². The standard InChI is InChI=1S/C8H6BrFO3/c1-12-6-2-5(9)3-7(8(6)10)13-4-11/h2-4H,1H3. The van der Waals surface area contributed by atoms with Gasteiger partial charge < -0.3 is 9.47 Å². The minimum absolute atomic E-state index is 0.0197. The van der Waals surface area contributed by atoms with Crippen LogP contribution in [0.3, 0.4) is 0 Å². The Morgan fingerprint density at radius 3 is 2.62 bits per heavy atom. The first-order valence-corrected chi connectivity index (χ1v) is 4.11. The molecule has 0 aliphatic rings. The number of ether oxygens (including phenoxy) is 2. The fourth-order valence-corrected chi connectivity index (χ4v) is 1.24. The molecule has 0 heterocycles. The third kappa shape index (κ3) is 2.18. The number of carbonyl (C=O) groups is 1. The molecule has 1 aromatic rings. The molecule has 1 aromatic carbocycles. The van der Waals surface area contributed by atoms with Crippen molar-refractivity contribution in [3.8, 4) is 11.5 Å². The summed E-state index contributed by atoms with van der Waals surface area (Å²) in [4.78, 5) is 9.99. The highest BCUT2D eigenvalue weighted by atomic mass is 79.9. The van der Waals surface area contributed by atoms with Gasteiger partial charge in [0.1, 0.15) is 0 Å². The largest absolute Gasteiger partial charge is 0.493 e. The Labute approximate surface area is 82.6 Å². The van der Waals surface area contributed by atoms with Crippen molar-refractivity contribution >= 4 is 22.4 Å². The van der Waals surface area contributed by atoms with E-state index in [1.165, 1.54) is 19.2 Å². The van der Waals surface area contributed by atoms with Gasteiger partial charge in [0.25, 0.3) is 6.47 Å². The number of benzene rings is 1. The second-order valence-electron chi connectivity index (χ2n) is 2.13. The summed E-state index contributed by atoms with van der Waals surface area (Å²) in [5.74, 6) is -0.842. The fraction of sp³-hybridized carbons (Fsp3) is 0.125. The van der Waals surface area contributed by atoms with Crippen molar-refractivity contribution < 1.29 is 18.7 Å². The van der Waals surface area contributed by atoms with Gasteiger partial charge in [0.15, 0.2) is 11.5 Å². The molecule has 0 atom stereocenters. The molecule has 0 bridgehead atoms. The van der Waals surface area contributed by atoms with E-state index in [0.29, 0.717) is 4.47 Å². The van der Waals surface area contributed by atoms with Crippen LogP contribution in [0.25, 0.3) is 0 Å². The number of methoxy groups -OCH3 is 1. The van der Waals surface area contributed by atoms with Crippen LogP contribution < -0.4 is 9.47 Å². The van der Waals surface area contributed by atoms with E-state index in [0.717, 1.165) is 0 Å². The molecule has 0 saturated carbocycles. The zero-order valence-corrected chi connectivity index (χ0v) is 8.30. The van der Waals surface area contributed by atoms with Gasteiger partial charge in [0, 0.05) is 4.47 Å². The molecular weight excluding hydrogens is 243 g/mol. The van der Waals surface area contributed by atoms with Gasteiger partial charge >= 0.3 is 0 Å². The average Bonchev–Trinajstić information content (AvgIpc) is 2.11. The van der Waals surface area contributed by atoms with Crippen LogP contribution in [0, 0.1) is 5.82 Å².